The maximum atomic E-state index is 12.7. The van der Waals surface area contributed by atoms with E-state index in [2.05, 4.69) is 10.2 Å². The lowest BCUT2D eigenvalue weighted by Crippen LogP contribution is -2.43. The Morgan fingerprint density at radius 2 is 1.65 bits per heavy atom. The highest BCUT2D eigenvalue weighted by atomic mass is 35.5. The number of nitrogens with one attached hydrogen (secondary N) is 1. The average Bonchev–Trinajstić information content (AvgIpc) is 3.31. The first-order chi connectivity index (χ1) is 9.29. The third kappa shape index (κ3) is 3.88. The molecule has 3 aliphatic rings. The summed E-state index contributed by atoms with van der Waals surface area (Å²) in [6.07, 6.45) is 8.95. The van der Waals surface area contributed by atoms with Crippen LogP contribution in [0.2, 0.25) is 0 Å². The number of hydrogen-bond acceptors (Lipinski definition) is 2. The minimum Gasteiger partial charge on any atom is -0.342 e. The molecule has 20 heavy (non-hydrogen) atoms. The molecule has 116 valence electrons. The summed E-state index contributed by atoms with van der Waals surface area (Å²) >= 11 is 0. The van der Waals surface area contributed by atoms with Gasteiger partial charge < -0.3 is 10.2 Å². The number of halogens is 1. The molecule has 0 bridgehead atoms. The zero-order valence-corrected chi connectivity index (χ0v) is 13.5. The Balaban J connectivity index is 0.00000147. The average molecular weight is 301 g/mol. The van der Waals surface area contributed by atoms with Crippen molar-refractivity contribution >= 4 is 18.3 Å². The van der Waals surface area contributed by atoms with Crippen molar-refractivity contribution < 1.29 is 4.79 Å². The van der Waals surface area contributed by atoms with Crippen LogP contribution in [0.4, 0.5) is 0 Å². The van der Waals surface area contributed by atoms with Gasteiger partial charge in [-0.1, -0.05) is 0 Å². The predicted octanol–water partition coefficient (Wildman–Crippen LogP) is 2.69. The zero-order chi connectivity index (χ0) is 13.2. The third-order valence-electron chi connectivity index (χ3n) is 5.27. The fraction of sp³-hybridized carbons (Fsp3) is 0.938. The minimum absolute atomic E-state index is 0. The second-order valence-electron chi connectivity index (χ2n) is 6.86. The van der Waals surface area contributed by atoms with Crippen molar-refractivity contribution in [3.05, 3.63) is 0 Å². The highest BCUT2D eigenvalue weighted by molar-refractivity contribution is 5.85. The molecule has 0 spiro atoms. The summed E-state index contributed by atoms with van der Waals surface area (Å²) < 4.78 is 0. The van der Waals surface area contributed by atoms with E-state index in [1.165, 1.54) is 44.9 Å². The van der Waals surface area contributed by atoms with Crippen molar-refractivity contribution in [2.24, 2.45) is 23.7 Å². The number of rotatable bonds is 6. The third-order valence-corrected chi connectivity index (χ3v) is 5.27. The zero-order valence-electron chi connectivity index (χ0n) is 12.6. The van der Waals surface area contributed by atoms with E-state index >= 15 is 0 Å². The summed E-state index contributed by atoms with van der Waals surface area (Å²) in [6.45, 7) is 3.15. The van der Waals surface area contributed by atoms with Crippen molar-refractivity contribution in [2.45, 2.75) is 44.9 Å². The Labute approximate surface area is 129 Å². The van der Waals surface area contributed by atoms with Crippen LogP contribution in [0.1, 0.15) is 44.9 Å². The number of likely N-dealkylation sites (tertiary alicyclic amines) is 1. The van der Waals surface area contributed by atoms with E-state index in [1.54, 1.807) is 0 Å². The van der Waals surface area contributed by atoms with E-state index in [4.69, 9.17) is 0 Å². The van der Waals surface area contributed by atoms with E-state index in [0.717, 1.165) is 37.4 Å². The smallest absolute Gasteiger partial charge is 0.226 e. The van der Waals surface area contributed by atoms with E-state index in [1.807, 2.05) is 7.05 Å². The van der Waals surface area contributed by atoms with Crippen LogP contribution in [-0.4, -0.2) is 37.5 Å². The summed E-state index contributed by atoms with van der Waals surface area (Å²) in [7, 11) is 2.02. The molecule has 2 saturated carbocycles. The van der Waals surface area contributed by atoms with Gasteiger partial charge in [-0.25, -0.2) is 0 Å². The number of carbonyl (C=O) groups is 1. The first-order valence-electron chi connectivity index (χ1n) is 8.23. The number of piperidine rings is 1. The van der Waals surface area contributed by atoms with Crippen molar-refractivity contribution in [3.63, 3.8) is 0 Å². The molecule has 0 aromatic carbocycles. The predicted molar refractivity (Wildman–Crippen MR) is 84.0 cm³/mol. The van der Waals surface area contributed by atoms with Gasteiger partial charge >= 0.3 is 0 Å². The molecule has 4 heteroatoms. The van der Waals surface area contributed by atoms with Crippen LogP contribution in [0, 0.1) is 23.7 Å². The fourth-order valence-corrected chi connectivity index (χ4v) is 3.70. The minimum atomic E-state index is 0. The van der Waals surface area contributed by atoms with Crippen LogP contribution in [0.15, 0.2) is 0 Å². The normalized spacial score (nSPS) is 23.8. The molecular formula is C16H29ClN2O. The monoisotopic (exact) mass is 300 g/mol. The fourth-order valence-electron chi connectivity index (χ4n) is 3.70. The lowest BCUT2D eigenvalue weighted by Gasteiger charge is -2.34. The van der Waals surface area contributed by atoms with E-state index in [0.29, 0.717) is 11.8 Å². The molecule has 0 aromatic rings. The molecule has 1 saturated heterocycles. The Bertz CT molecular complexity index is 308. The van der Waals surface area contributed by atoms with Gasteiger partial charge in [0.25, 0.3) is 0 Å². The highest BCUT2D eigenvalue weighted by Crippen LogP contribution is 2.50. The van der Waals surface area contributed by atoms with Crippen molar-refractivity contribution in [1.29, 1.82) is 0 Å². The van der Waals surface area contributed by atoms with Crippen LogP contribution in [-0.2, 0) is 4.79 Å². The number of nitrogens with zero attached hydrogens (tertiary/aromatic N) is 1. The van der Waals surface area contributed by atoms with Gasteiger partial charge in [0.2, 0.25) is 5.91 Å². The lowest BCUT2D eigenvalue weighted by atomic mass is 9.90. The van der Waals surface area contributed by atoms with Crippen LogP contribution >= 0.6 is 12.4 Å². The maximum Gasteiger partial charge on any atom is 0.226 e. The summed E-state index contributed by atoms with van der Waals surface area (Å²) in [6, 6.07) is 0. The topological polar surface area (TPSA) is 32.3 Å². The van der Waals surface area contributed by atoms with Crippen LogP contribution in [0.25, 0.3) is 0 Å². The number of amides is 1. The summed E-state index contributed by atoms with van der Waals surface area (Å²) in [4.78, 5) is 14.9. The SMILES string of the molecule is CNCCC1CCN(C(=O)C(C2CC2)C2CC2)CC1.Cl. The highest BCUT2D eigenvalue weighted by Gasteiger charge is 2.47. The van der Waals surface area contributed by atoms with Crippen LogP contribution in [0.3, 0.4) is 0 Å². The second kappa shape index (κ2) is 7.13. The van der Waals surface area contributed by atoms with Gasteiger partial charge in [0, 0.05) is 19.0 Å². The van der Waals surface area contributed by atoms with Gasteiger partial charge in [-0.3, -0.25) is 4.79 Å². The molecule has 0 unspecified atom stereocenters. The van der Waals surface area contributed by atoms with Gasteiger partial charge in [0.15, 0.2) is 0 Å². The Morgan fingerprint density at radius 1 is 1.10 bits per heavy atom. The Morgan fingerprint density at radius 3 is 2.10 bits per heavy atom. The summed E-state index contributed by atoms with van der Waals surface area (Å²) in [5.74, 6) is 3.26. The van der Waals surface area contributed by atoms with Crippen molar-refractivity contribution in [3.8, 4) is 0 Å². The molecule has 0 aromatic heterocycles. The maximum absolute atomic E-state index is 12.7. The molecule has 3 rings (SSSR count). The molecule has 0 atom stereocenters. The van der Waals surface area contributed by atoms with Gasteiger partial charge in [-0.05, 0) is 76.3 Å². The first kappa shape index (κ1) is 16.1. The second-order valence-corrected chi connectivity index (χ2v) is 6.86. The van der Waals surface area contributed by atoms with E-state index in [9.17, 15) is 4.79 Å². The lowest BCUT2D eigenvalue weighted by molar-refractivity contribution is -0.138. The standard InChI is InChI=1S/C16H28N2O.ClH/c1-17-9-6-12-7-10-18(11-8-12)16(19)15(13-2-3-13)14-4-5-14;/h12-15,17H,2-11H2,1H3;1H. The Kier molecular flexibility index (Phi) is 5.74. The van der Waals surface area contributed by atoms with Gasteiger partial charge in [-0.2, -0.15) is 0 Å². The molecule has 1 amide bonds. The quantitative estimate of drug-likeness (QED) is 0.818. The first-order valence-corrected chi connectivity index (χ1v) is 8.23. The number of hydrogen-bond donors (Lipinski definition) is 1. The molecule has 3 fully saturated rings. The van der Waals surface area contributed by atoms with E-state index < -0.39 is 0 Å². The van der Waals surface area contributed by atoms with Crippen molar-refractivity contribution in [1.82, 2.24) is 10.2 Å². The van der Waals surface area contributed by atoms with Crippen LogP contribution in [0.5, 0.6) is 0 Å². The Hall–Kier alpha value is -0.280. The largest absolute Gasteiger partial charge is 0.342 e. The molecule has 1 aliphatic heterocycles. The molecule has 3 nitrogen and oxygen atoms in total. The van der Waals surface area contributed by atoms with Crippen molar-refractivity contribution in [2.75, 3.05) is 26.7 Å². The molecule has 2 aliphatic carbocycles. The van der Waals surface area contributed by atoms with Crippen LogP contribution < -0.4 is 5.32 Å². The van der Waals surface area contributed by atoms with Gasteiger partial charge in [0.05, 0.1) is 0 Å². The molecule has 0 radical (unpaired) electrons. The van der Waals surface area contributed by atoms with Gasteiger partial charge in [-0.15, -0.1) is 12.4 Å². The van der Waals surface area contributed by atoms with E-state index in [-0.39, 0.29) is 12.4 Å². The molecule has 1 heterocycles. The molecular weight excluding hydrogens is 272 g/mol. The van der Waals surface area contributed by atoms with Gasteiger partial charge in [0.1, 0.15) is 0 Å². The number of carbonyl (C=O) groups excluding carboxylic acids is 1. The summed E-state index contributed by atoms with van der Waals surface area (Å²) in [5, 5.41) is 3.23. The molecule has 1 N–H and O–H groups in total. The summed E-state index contributed by atoms with van der Waals surface area (Å²) in [5.41, 5.74) is 0.